The van der Waals surface area contributed by atoms with Gasteiger partial charge in [-0.25, -0.2) is 4.98 Å². The van der Waals surface area contributed by atoms with Crippen molar-refractivity contribution in [2.45, 2.75) is 18.9 Å². The van der Waals surface area contributed by atoms with Crippen LogP contribution in [0.15, 0.2) is 35.8 Å². The van der Waals surface area contributed by atoms with Crippen LogP contribution in [-0.4, -0.2) is 45.5 Å². The molecule has 0 atom stereocenters. The average molecular weight is 401 g/mol. The zero-order chi connectivity index (χ0) is 19.5. The first-order valence-corrected chi connectivity index (χ1v) is 10.1. The van der Waals surface area contributed by atoms with Crippen LogP contribution in [0.25, 0.3) is 10.2 Å². The van der Waals surface area contributed by atoms with Crippen LogP contribution in [0.1, 0.15) is 12.8 Å². The lowest BCUT2D eigenvalue weighted by Gasteiger charge is -2.34. The summed E-state index contributed by atoms with van der Waals surface area (Å²) in [5, 5.41) is 0. The lowest BCUT2D eigenvalue weighted by molar-refractivity contribution is 0.158. The minimum Gasteiger partial charge on any atom is -0.496 e. The van der Waals surface area contributed by atoms with E-state index >= 15 is 0 Å². The molecule has 4 rings (SSSR count). The molecule has 0 aliphatic carbocycles. The second-order valence-corrected chi connectivity index (χ2v) is 7.50. The summed E-state index contributed by atoms with van der Waals surface area (Å²) in [4.78, 5) is 6.85. The number of fused-ring (bicyclic) bond motifs is 1. The summed E-state index contributed by atoms with van der Waals surface area (Å²) in [6.45, 7) is 1.87. The van der Waals surface area contributed by atoms with E-state index in [-0.39, 0.29) is 6.10 Å². The Balaban J connectivity index is 1.48. The van der Waals surface area contributed by atoms with Crippen LogP contribution < -0.4 is 23.8 Å². The van der Waals surface area contributed by atoms with Crippen LogP contribution in [-0.2, 0) is 0 Å². The standard InChI is InChI=1S/C21H24N2O4S/c1-24-15-11-18(25-2)20(19(12-15)26-3)27-14-7-9-23(10-8-14)17-6-4-5-16-21(17)28-13-22-16/h4-6,11-14H,7-10H2,1-3H3. The molecule has 0 bridgehead atoms. The molecule has 0 N–H and O–H groups in total. The number of hydrogen-bond donors (Lipinski definition) is 0. The minimum atomic E-state index is 0.105. The van der Waals surface area contributed by atoms with Gasteiger partial charge in [-0.1, -0.05) is 6.07 Å². The van der Waals surface area contributed by atoms with Gasteiger partial charge in [0.15, 0.2) is 11.5 Å². The summed E-state index contributed by atoms with van der Waals surface area (Å²) in [6, 6.07) is 9.95. The molecule has 1 aliphatic heterocycles. The van der Waals surface area contributed by atoms with Gasteiger partial charge in [0.05, 0.1) is 42.7 Å². The Morgan fingerprint density at radius 2 is 1.71 bits per heavy atom. The number of ether oxygens (including phenoxy) is 4. The number of hydrogen-bond acceptors (Lipinski definition) is 7. The maximum Gasteiger partial charge on any atom is 0.204 e. The van der Waals surface area contributed by atoms with E-state index in [1.54, 1.807) is 32.7 Å². The molecule has 0 unspecified atom stereocenters. The van der Waals surface area contributed by atoms with Crippen molar-refractivity contribution < 1.29 is 18.9 Å². The van der Waals surface area contributed by atoms with E-state index in [2.05, 4.69) is 28.1 Å². The van der Waals surface area contributed by atoms with E-state index in [0.717, 1.165) is 31.4 Å². The van der Waals surface area contributed by atoms with Gasteiger partial charge in [0, 0.05) is 38.1 Å². The van der Waals surface area contributed by atoms with Gasteiger partial charge >= 0.3 is 0 Å². The number of anilines is 1. The number of rotatable bonds is 6. The zero-order valence-corrected chi connectivity index (χ0v) is 17.1. The molecule has 2 heterocycles. The molecule has 1 aliphatic rings. The van der Waals surface area contributed by atoms with E-state index in [1.165, 1.54) is 10.4 Å². The predicted molar refractivity (Wildman–Crippen MR) is 112 cm³/mol. The SMILES string of the molecule is COc1cc(OC)c(OC2CCN(c3cccc4ncsc34)CC2)c(OC)c1. The fourth-order valence-corrected chi connectivity index (χ4v) is 4.42. The van der Waals surface area contributed by atoms with Crippen LogP contribution in [0.3, 0.4) is 0 Å². The van der Waals surface area contributed by atoms with Crippen molar-refractivity contribution in [2.24, 2.45) is 0 Å². The van der Waals surface area contributed by atoms with Crippen molar-refractivity contribution in [2.75, 3.05) is 39.3 Å². The number of aromatic nitrogens is 1. The van der Waals surface area contributed by atoms with Crippen molar-refractivity contribution in [3.8, 4) is 23.0 Å². The van der Waals surface area contributed by atoms with Crippen molar-refractivity contribution in [3.63, 3.8) is 0 Å². The average Bonchev–Trinajstić information content (AvgIpc) is 3.23. The van der Waals surface area contributed by atoms with Gasteiger partial charge in [0.25, 0.3) is 0 Å². The highest BCUT2D eigenvalue weighted by atomic mass is 32.1. The number of piperidine rings is 1. The molecule has 7 heteroatoms. The van der Waals surface area contributed by atoms with Gasteiger partial charge in [-0.15, -0.1) is 11.3 Å². The number of thiazole rings is 1. The van der Waals surface area contributed by atoms with E-state index in [9.17, 15) is 0 Å². The van der Waals surface area contributed by atoms with Gasteiger partial charge in [-0.3, -0.25) is 0 Å². The Hall–Kier alpha value is -2.67. The third-order valence-electron chi connectivity index (χ3n) is 5.07. The van der Waals surface area contributed by atoms with Gasteiger partial charge in [0.2, 0.25) is 5.75 Å². The van der Waals surface area contributed by atoms with Crippen molar-refractivity contribution in [3.05, 3.63) is 35.8 Å². The lowest BCUT2D eigenvalue weighted by atomic mass is 10.1. The molecule has 0 saturated carbocycles. The molecule has 0 amide bonds. The molecule has 1 saturated heterocycles. The van der Waals surface area contributed by atoms with Crippen LogP contribution >= 0.6 is 11.3 Å². The smallest absolute Gasteiger partial charge is 0.204 e. The first-order chi connectivity index (χ1) is 13.7. The quantitative estimate of drug-likeness (QED) is 0.612. The fraction of sp³-hybridized carbons (Fsp3) is 0.381. The molecule has 6 nitrogen and oxygen atoms in total. The predicted octanol–water partition coefficient (Wildman–Crippen LogP) is 4.37. The second-order valence-electron chi connectivity index (χ2n) is 6.64. The summed E-state index contributed by atoms with van der Waals surface area (Å²) in [5.41, 5.74) is 4.23. The molecule has 28 heavy (non-hydrogen) atoms. The summed E-state index contributed by atoms with van der Waals surface area (Å²) < 4.78 is 23.9. The Morgan fingerprint density at radius 1 is 1.00 bits per heavy atom. The van der Waals surface area contributed by atoms with Gasteiger partial charge in [-0.2, -0.15) is 0 Å². The maximum atomic E-state index is 6.31. The highest BCUT2D eigenvalue weighted by Gasteiger charge is 2.25. The maximum absolute atomic E-state index is 6.31. The normalized spacial score (nSPS) is 14.9. The molecule has 3 aromatic rings. The third kappa shape index (κ3) is 3.54. The van der Waals surface area contributed by atoms with Crippen molar-refractivity contribution in [1.82, 2.24) is 4.98 Å². The Bertz CT molecular complexity index is 925. The van der Waals surface area contributed by atoms with E-state index in [0.29, 0.717) is 23.0 Å². The van der Waals surface area contributed by atoms with Crippen LogP contribution in [0.4, 0.5) is 5.69 Å². The summed E-state index contributed by atoms with van der Waals surface area (Å²) in [6.07, 6.45) is 1.95. The fourth-order valence-electron chi connectivity index (χ4n) is 3.59. The van der Waals surface area contributed by atoms with Gasteiger partial charge in [0.1, 0.15) is 11.9 Å². The first-order valence-electron chi connectivity index (χ1n) is 9.27. The molecule has 0 spiro atoms. The summed E-state index contributed by atoms with van der Waals surface area (Å²) >= 11 is 1.70. The van der Waals surface area contributed by atoms with Crippen LogP contribution in [0, 0.1) is 0 Å². The van der Waals surface area contributed by atoms with Gasteiger partial charge < -0.3 is 23.8 Å². The first kappa shape index (κ1) is 18.7. The topological polar surface area (TPSA) is 53.0 Å². The highest BCUT2D eigenvalue weighted by Crippen LogP contribution is 2.42. The Morgan fingerprint density at radius 3 is 2.36 bits per heavy atom. The molecular weight excluding hydrogens is 376 g/mol. The molecule has 148 valence electrons. The molecule has 2 aromatic carbocycles. The zero-order valence-electron chi connectivity index (χ0n) is 16.3. The van der Waals surface area contributed by atoms with E-state index in [4.69, 9.17) is 18.9 Å². The van der Waals surface area contributed by atoms with Gasteiger partial charge in [-0.05, 0) is 12.1 Å². The number of benzene rings is 2. The molecular formula is C21H24N2O4S. The van der Waals surface area contributed by atoms with E-state index < -0.39 is 0 Å². The molecule has 0 radical (unpaired) electrons. The Labute approximate surface area is 168 Å². The third-order valence-corrected chi connectivity index (χ3v) is 5.94. The van der Waals surface area contributed by atoms with Crippen LogP contribution in [0.5, 0.6) is 23.0 Å². The highest BCUT2D eigenvalue weighted by molar-refractivity contribution is 7.17. The van der Waals surface area contributed by atoms with Crippen LogP contribution in [0.2, 0.25) is 0 Å². The van der Waals surface area contributed by atoms with Crippen molar-refractivity contribution >= 4 is 27.2 Å². The second kappa shape index (κ2) is 8.14. The molecule has 1 fully saturated rings. The molecule has 1 aromatic heterocycles. The number of nitrogens with zero attached hydrogens (tertiary/aromatic N) is 2. The van der Waals surface area contributed by atoms with Crippen molar-refractivity contribution in [1.29, 1.82) is 0 Å². The largest absolute Gasteiger partial charge is 0.496 e. The van der Waals surface area contributed by atoms with E-state index in [1.807, 2.05) is 17.6 Å². The monoisotopic (exact) mass is 400 g/mol. The summed E-state index contributed by atoms with van der Waals surface area (Å²) in [5.74, 6) is 2.54. The Kier molecular flexibility index (Phi) is 5.43. The summed E-state index contributed by atoms with van der Waals surface area (Å²) in [7, 11) is 4.87. The number of methoxy groups -OCH3 is 3. The lowest BCUT2D eigenvalue weighted by Crippen LogP contribution is -2.38. The minimum absolute atomic E-state index is 0.105.